The molecule has 1 aromatic heterocycles. The molecule has 3 N–H and O–H groups in total. The van der Waals surface area contributed by atoms with Gasteiger partial charge < -0.3 is 11.1 Å². The number of aromatic nitrogens is 1. The van der Waals surface area contributed by atoms with Gasteiger partial charge in [-0.3, -0.25) is 4.98 Å². The lowest BCUT2D eigenvalue weighted by Crippen LogP contribution is -2.03. The number of pyridine rings is 1. The highest BCUT2D eigenvalue weighted by atomic mass is 79.9. The van der Waals surface area contributed by atoms with Gasteiger partial charge in [0.15, 0.2) is 0 Å². The number of nitrogen functional groups attached to an aromatic ring is 1. The zero-order valence-corrected chi connectivity index (χ0v) is 14.8. The molecule has 0 amide bonds. The van der Waals surface area contributed by atoms with Gasteiger partial charge in [-0.1, -0.05) is 12.8 Å². The molecule has 0 aliphatic carbocycles. The Balaban J connectivity index is 1.92. The molecule has 0 atom stereocenters. The molecule has 1 heterocycles. The van der Waals surface area contributed by atoms with Gasteiger partial charge in [0.1, 0.15) is 0 Å². The molecule has 0 aliphatic rings. The fourth-order valence-corrected chi connectivity index (χ4v) is 3.13. The van der Waals surface area contributed by atoms with E-state index in [1.807, 2.05) is 36.2 Å². The first-order valence-corrected chi connectivity index (χ1v) is 9.47. The predicted octanol–water partition coefficient (Wildman–Crippen LogP) is 4.91. The Morgan fingerprint density at radius 1 is 1.24 bits per heavy atom. The van der Waals surface area contributed by atoms with Crippen molar-refractivity contribution in [3.8, 4) is 0 Å². The van der Waals surface area contributed by atoms with E-state index in [1.165, 1.54) is 31.4 Å². The van der Waals surface area contributed by atoms with Crippen molar-refractivity contribution in [2.45, 2.75) is 25.7 Å². The van der Waals surface area contributed by atoms with Crippen LogP contribution in [0, 0.1) is 0 Å². The van der Waals surface area contributed by atoms with Gasteiger partial charge in [-0.25, -0.2) is 0 Å². The first-order chi connectivity index (χ1) is 10.2. The molecule has 1 aromatic carbocycles. The van der Waals surface area contributed by atoms with Crippen LogP contribution in [0.2, 0.25) is 0 Å². The van der Waals surface area contributed by atoms with Crippen molar-refractivity contribution in [2.75, 3.05) is 29.6 Å². The van der Waals surface area contributed by atoms with Gasteiger partial charge >= 0.3 is 0 Å². The van der Waals surface area contributed by atoms with Gasteiger partial charge in [0.05, 0.1) is 11.2 Å². The fourth-order valence-electron chi connectivity index (χ4n) is 2.31. The third-order valence-electron chi connectivity index (χ3n) is 3.44. The summed E-state index contributed by atoms with van der Waals surface area (Å²) in [6.07, 6.45) is 9.09. The number of nitrogens with two attached hydrogens (primary N) is 1. The molecule has 2 aromatic rings. The highest BCUT2D eigenvalue weighted by molar-refractivity contribution is 9.10. The molecular formula is C16H22BrN3S. The Hall–Kier alpha value is -0.940. The number of nitrogens with one attached hydrogen (secondary N) is 1. The van der Waals surface area contributed by atoms with Crippen LogP contribution in [0.5, 0.6) is 0 Å². The van der Waals surface area contributed by atoms with E-state index in [2.05, 4.69) is 32.5 Å². The van der Waals surface area contributed by atoms with Gasteiger partial charge in [0.25, 0.3) is 0 Å². The average Bonchev–Trinajstić information content (AvgIpc) is 2.49. The lowest BCUT2D eigenvalue weighted by atomic mass is 10.1. The van der Waals surface area contributed by atoms with Crippen molar-refractivity contribution in [1.29, 1.82) is 0 Å². The Morgan fingerprint density at radius 3 is 2.86 bits per heavy atom. The van der Waals surface area contributed by atoms with Gasteiger partial charge in [0.2, 0.25) is 0 Å². The smallest absolute Gasteiger partial charge is 0.0954 e. The van der Waals surface area contributed by atoms with Crippen LogP contribution < -0.4 is 11.1 Å². The summed E-state index contributed by atoms with van der Waals surface area (Å²) in [5.74, 6) is 1.27. The van der Waals surface area contributed by atoms with Crippen molar-refractivity contribution in [2.24, 2.45) is 0 Å². The third kappa shape index (κ3) is 4.78. The molecule has 21 heavy (non-hydrogen) atoms. The number of fused-ring (bicyclic) bond motifs is 1. The second-order valence-corrected chi connectivity index (χ2v) is 6.99. The highest BCUT2D eigenvalue weighted by Gasteiger charge is 2.05. The maximum atomic E-state index is 6.03. The molecule has 0 saturated heterocycles. The highest BCUT2D eigenvalue weighted by Crippen LogP contribution is 2.28. The summed E-state index contributed by atoms with van der Waals surface area (Å²) in [5, 5.41) is 4.48. The molecule has 3 nitrogen and oxygen atoms in total. The maximum Gasteiger partial charge on any atom is 0.0954 e. The van der Waals surface area contributed by atoms with E-state index in [1.54, 1.807) is 0 Å². The number of thioether (sulfide) groups is 1. The van der Waals surface area contributed by atoms with E-state index < -0.39 is 0 Å². The third-order valence-corrected chi connectivity index (χ3v) is 4.57. The largest absolute Gasteiger partial charge is 0.398 e. The molecule has 0 spiro atoms. The Kier molecular flexibility index (Phi) is 6.64. The van der Waals surface area contributed by atoms with Crippen molar-refractivity contribution >= 4 is 50.0 Å². The zero-order valence-electron chi connectivity index (χ0n) is 12.4. The summed E-state index contributed by atoms with van der Waals surface area (Å²) in [6, 6.07) is 5.98. The first kappa shape index (κ1) is 16.4. The fraction of sp³-hybridized carbons (Fsp3) is 0.438. The van der Waals surface area contributed by atoms with Crippen LogP contribution in [0.1, 0.15) is 25.7 Å². The minimum Gasteiger partial charge on any atom is -0.398 e. The summed E-state index contributed by atoms with van der Waals surface area (Å²) in [4.78, 5) is 4.49. The van der Waals surface area contributed by atoms with Crippen LogP contribution in [0.25, 0.3) is 10.9 Å². The van der Waals surface area contributed by atoms with E-state index in [0.717, 1.165) is 33.3 Å². The van der Waals surface area contributed by atoms with Crippen molar-refractivity contribution < 1.29 is 0 Å². The van der Waals surface area contributed by atoms with Crippen LogP contribution >= 0.6 is 27.7 Å². The summed E-state index contributed by atoms with van der Waals surface area (Å²) in [7, 11) is 0. The van der Waals surface area contributed by atoms with Gasteiger partial charge in [-0.15, -0.1) is 0 Å². The second kappa shape index (κ2) is 8.49. The molecular weight excluding hydrogens is 346 g/mol. The molecule has 0 fully saturated rings. The number of rotatable bonds is 8. The summed E-state index contributed by atoms with van der Waals surface area (Å²) < 4.78 is 0.952. The van der Waals surface area contributed by atoms with Crippen molar-refractivity contribution in [3.63, 3.8) is 0 Å². The normalized spacial score (nSPS) is 11.0. The Bertz CT molecular complexity index is 589. The maximum absolute atomic E-state index is 6.03. The lowest BCUT2D eigenvalue weighted by molar-refractivity contribution is 0.689. The molecule has 5 heteroatoms. The molecule has 0 aliphatic heterocycles. The molecule has 2 rings (SSSR count). The van der Waals surface area contributed by atoms with Crippen LogP contribution in [-0.2, 0) is 0 Å². The van der Waals surface area contributed by atoms with Gasteiger partial charge in [-0.2, -0.15) is 11.8 Å². The number of hydrogen-bond acceptors (Lipinski definition) is 4. The van der Waals surface area contributed by atoms with Crippen LogP contribution in [0.3, 0.4) is 0 Å². The monoisotopic (exact) mass is 367 g/mol. The van der Waals surface area contributed by atoms with Crippen LogP contribution in [0.15, 0.2) is 28.9 Å². The average molecular weight is 368 g/mol. The molecule has 114 valence electrons. The lowest BCUT2D eigenvalue weighted by Gasteiger charge is -2.11. The standard InChI is InChI=1S/C16H22BrN3S/c1-21-9-5-3-2-4-8-19-15-7-6-14(18)13-10-12(17)11-20-16(13)15/h6-7,10-11,19H,2-5,8-9,18H2,1H3. The summed E-state index contributed by atoms with van der Waals surface area (Å²) >= 11 is 5.37. The van der Waals surface area contributed by atoms with Gasteiger partial charge in [-0.05, 0) is 59.0 Å². The van der Waals surface area contributed by atoms with E-state index in [-0.39, 0.29) is 0 Å². The predicted molar refractivity (Wildman–Crippen MR) is 99.2 cm³/mol. The molecule has 0 radical (unpaired) electrons. The van der Waals surface area contributed by atoms with E-state index in [0.29, 0.717) is 0 Å². The summed E-state index contributed by atoms with van der Waals surface area (Å²) in [6.45, 7) is 0.982. The number of anilines is 2. The molecule has 0 bridgehead atoms. The minimum atomic E-state index is 0.765. The summed E-state index contributed by atoms with van der Waals surface area (Å²) in [5.41, 5.74) is 8.80. The number of hydrogen-bond donors (Lipinski definition) is 2. The SMILES string of the molecule is CSCCCCCCNc1ccc(N)c2cc(Br)cnc12. The first-order valence-electron chi connectivity index (χ1n) is 7.29. The van der Waals surface area contributed by atoms with E-state index in [9.17, 15) is 0 Å². The van der Waals surface area contributed by atoms with Crippen LogP contribution in [-0.4, -0.2) is 23.5 Å². The zero-order chi connectivity index (χ0) is 15.1. The molecule has 0 saturated carbocycles. The minimum absolute atomic E-state index is 0.765. The van der Waals surface area contributed by atoms with E-state index >= 15 is 0 Å². The van der Waals surface area contributed by atoms with Crippen molar-refractivity contribution in [3.05, 3.63) is 28.9 Å². The number of unbranched alkanes of at least 4 members (excludes halogenated alkanes) is 3. The van der Waals surface area contributed by atoms with E-state index in [4.69, 9.17) is 5.73 Å². The number of halogens is 1. The number of benzene rings is 1. The topological polar surface area (TPSA) is 50.9 Å². The quantitative estimate of drug-likeness (QED) is 0.513. The van der Waals surface area contributed by atoms with Crippen molar-refractivity contribution in [1.82, 2.24) is 4.98 Å². The van der Waals surface area contributed by atoms with Gasteiger partial charge in [0, 0.05) is 28.3 Å². The Morgan fingerprint density at radius 2 is 2.05 bits per heavy atom. The van der Waals surface area contributed by atoms with Crippen LogP contribution in [0.4, 0.5) is 11.4 Å². The molecule has 0 unspecified atom stereocenters. The Labute approximate surface area is 139 Å². The second-order valence-electron chi connectivity index (χ2n) is 5.09. The number of nitrogens with zero attached hydrogens (tertiary/aromatic N) is 1.